The van der Waals surface area contributed by atoms with E-state index in [0.717, 1.165) is 33.7 Å². The highest BCUT2D eigenvalue weighted by Crippen LogP contribution is 2.25. The van der Waals surface area contributed by atoms with E-state index in [-0.39, 0.29) is 5.82 Å². The molecule has 0 aliphatic rings. The fourth-order valence-electron chi connectivity index (χ4n) is 2.88. The van der Waals surface area contributed by atoms with Gasteiger partial charge in [0.1, 0.15) is 17.3 Å². The number of rotatable bonds is 5. The third-order valence-electron chi connectivity index (χ3n) is 4.10. The fraction of sp³-hybridized carbons (Fsp3) is 0.333. The molecule has 0 unspecified atom stereocenters. The maximum atomic E-state index is 13.2. The lowest BCUT2D eigenvalue weighted by atomic mass is 10.1. The van der Waals surface area contributed by atoms with Crippen LogP contribution < -0.4 is 4.74 Å². The van der Waals surface area contributed by atoms with E-state index in [1.807, 2.05) is 27.1 Å². The number of benzene rings is 1. The summed E-state index contributed by atoms with van der Waals surface area (Å²) in [5, 5.41) is 4.89. The van der Waals surface area contributed by atoms with E-state index in [1.165, 1.54) is 12.1 Å². The van der Waals surface area contributed by atoms with Gasteiger partial charge in [0.05, 0.1) is 12.8 Å². The molecule has 24 heavy (non-hydrogen) atoms. The third-order valence-corrected chi connectivity index (χ3v) is 4.10. The van der Waals surface area contributed by atoms with Crippen molar-refractivity contribution in [3.8, 4) is 5.75 Å². The second kappa shape index (κ2) is 6.57. The molecule has 0 saturated carbocycles. The number of nitrogens with zero attached hydrogens (tertiary/aromatic N) is 3. The summed E-state index contributed by atoms with van der Waals surface area (Å²) in [6, 6.07) is 4.46. The van der Waals surface area contributed by atoms with E-state index in [1.54, 1.807) is 13.2 Å². The largest absolute Gasteiger partial charge is 0.496 e. The molecule has 0 aliphatic carbocycles. The summed E-state index contributed by atoms with van der Waals surface area (Å²) in [5.41, 5.74) is 4.26. The average Bonchev–Trinajstić information content (AvgIpc) is 2.92. The van der Waals surface area contributed by atoms with E-state index in [4.69, 9.17) is 9.26 Å². The van der Waals surface area contributed by atoms with Gasteiger partial charge in [-0.1, -0.05) is 5.16 Å². The molecular formula is C18H20FN3O2. The van der Waals surface area contributed by atoms with E-state index in [0.29, 0.717) is 18.7 Å². The first-order valence-electron chi connectivity index (χ1n) is 7.71. The Kier molecular flexibility index (Phi) is 4.49. The normalized spacial score (nSPS) is 11.4. The van der Waals surface area contributed by atoms with Crippen molar-refractivity contribution in [3.05, 3.63) is 52.7 Å². The molecule has 126 valence electrons. The van der Waals surface area contributed by atoms with Gasteiger partial charge in [-0.2, -0.15) is 0 Å². The van der Waals surface area contributed by atoms with Crippen molar-refractivity contribution in [1.82, 2.24) is 15.0 Å². The highest BCUT2D eigenvalue weighted by atomic mass is 19.1. The van der Waals surface area contributed by atoms with Crippen molar-refractivity contribution >= 4 is 11.0 Å². The molecule has 5 nitrogen and oxygen atoms in total. The van der Waals surface area contributed by atoms with Gasteiger partial charge in [0, 0.05) is 41.9 Å². The van der Waals surface area contributed by atoms with Gasteiger partial charge in [0.15, 0.2) is 5.58 Å². The molecule has 0 fully saturated rings. The molecule has 0 N–H and O–H groups in total. The van der Waals surface area contributed by atoms with Crippen LogP contribution in [-0.4, -0.2) is 29.2 Å². The molecule has 0 aliphatic heterocycles. The number of hydrogen-bond donors (Lipinski definition) is 0. The lowest BCUT2D eigenvalue weighted by Gasteiger charge is -2.18. The van der Waals surface area contributed by atoms with Crippen LogP contribution in [0, 0.1) is 19.7 Å². The number of ether oxygens (including phenoxy) is 1. The molecule has 0 spiro atoms. The molecular weight excluding hydrogens is 309 g/mol. The summed E-state index contributed by atoms with van der Waals surface area (Å²) in [4.78, 5) is 6.60. The zero-order chi connectivity index (χ0) is 17.3. The Morgan fingerprint density at radius 3 is 2.71 bits per heavy atom. The Morgan fingerprint density at radius 1 is 1.21 bits per heavy atom. The molecule has 6 heteroatoms. The minimum absolute atomic E-state index is 0.329. The zero-order valence-electron chi connectivity index (χ0n) is 14.3. The van der Waals surface area contributed by atoms with E-state index in [2.05, 4.69) is 15.0 Å². The summed E-state index contributed by atoms with van der Waals surface area (Å²) in [6.07, 6.45) is 1.82. The maximum absolute atomic E-state index is 13.2. The number of fused-ring (bicyclic) bond motifs is 1. The quantitative estimate of drug-likeness (QED) is 0.715. The first-order valence-corrected chi connectivity index (χ1v) is 7.71. The van der Waals surface area contributed by atoms with Crippen molar-refractivity contribution in [3.63, 3.8) is 0 Å². The van der Waals surface area contributed by atoms with Crippen molar-refractivity contribution in [2.75, 3.05) is 14.2 Å². The standard InChI is InChI=1S/C18H20FN3O2/c1-11-8-20-15(12(2)18(11)23-4)9-22(3)10-16-14-6-5-13(19)7-17(14)24-21-16/h5-8H,9-10H2,1-4H3. The van der Waals surface area contributed by atoms with Gasteiger partial charge in [-0.15, -0.1) is 0 Å². The molecule has 0 radical (unpaired) electrons. The van der Waals surface area contributed by atoms with Gasteiger partial charge < -0.3 is 9.26 Å². The lowest BCUT2D eigenvalue weighted by molar-refractivity contribution is 0.301. The van der Waals surface area contributed by atoms with Crippen molar-refractivity contribution in [2.24, 2.45) is 0 Å². The Hall–Kier alpha value is -2.47. The number of hydrogen-bond acceptors (Lipinski definition) is 5. The Morgan fingerprint density at radius 2 is 1.96 bits per heavy atom. The topological polar surface area (TPSA) is 51.4 Å². The fourth-order valence-corrected chi connectivity index (χ4v) is 2.88. The first-order chi connectivity index (χ1) is 11.5. The summed E-state index contributed by atoms with van der Waals surface area (Å²) in [6.45, 7) is 5.22. The molecule has 1 aromatic carbocycles. The number of aromatic nitrogens is 2. The van der Waals surface area contributed by atoms with Gasteiger partial charge in [-0.3, -0.25) is 9.88 Å². The van der Waals surface area contributed by atoms with Gasteiger partial charge in [-0.05, 0) is 33.0 Å². The Balaban J connectivity index is 1.79. The highest BCUT2D eigenvalue weighted by Gasteiger charge is 2.14. The second-order valence-electron chi connectivity index (χ2n) is 5.99. The van der Waals surface area contributed by atoms with Crippen molar-refractivity contribution in [2.45, 2.75) is 26.9 Å². The van der Waals surface area contributed by atoms with E-state index >= 15 is 0 Å². The van der Waals surface area contributed by atoms with Crippen LogP contribution in [0.2, 0.25) is 0 Å². The van der Waals surface area contributed by atoms with Crippen LogP contribution in [0.1, 0.15) is 22.5 Å². The summed E-state index contributed by atoms with van der Waals surface area (Å²) in [7, 11) is 3.65. The number of halogens is 1. The van der Waals surface area contributed by atoms with Gasteiger partial charge in [-0.25, -0.2) is 4.39 Å². The van der Waals surface area contributed by atoms with Crippen molar-refractivity contribution in [1.29, 1.82) is 0 Å². The monoisotopic (exact) mass is 329 g/mol. The Bertz CT molecular complexity index is 876. The van der Waals surface area contributed by atoms with Crippen LogP contribution in [-0.2, 0) is 13.1 Å². The second-order valence-corrected chi connectivity index (χ2v) is 5.99. The summed E-state index contributed by atoms with van der Waals surface area (Å²) >= 11 is 0. The summed E-state index contributed by atoms with van der Waals surface area (Å²) in [5.74, 6) is 0.542. The molecule has 0 atom stereocenters. The predicted octanol–water partition coefficient (Wildman–Crippen LogP) is 3.62. The van der Waals surface area contributed by atoms with Gasteiger partial charge in [0.25, 0.3) is 0 Å². The minimum Gasteiger partial charge on any atom is -0.496 e. The molecule has 2 aromatic heterocycles. The van der Waals surface area contributed by atoms with Crippen LogP contribution >= 0.6 is 0 Å². The lowest BCUT2D eigenvalue weighted by Crippen LogP contribution is -2.19. The predicted molar refractivity (Wildman–Crippen MR) is 89.4 cm³/mol. The highest BCUT2D eigenvalue weighted by molar-refractivity contribution is 5.79. The van der Waals surface area contributed by atoms with Crippen molar-refractivity contribution < 1.29 is 13.7 Å². The third kappa shape index (κ3) is 3.10. The minimum atomic E-state index is -0.329. The number of methoxy groups -OCH3 is 1. The van der Waals surface area contributed by atoms with Crippen LogP contribution in [0.4, 0.5) is 4.39 Å². The van der Waals surface area contributed by atoms with Crippen LogP contribution in [0.15, 0.2) is 28.9 Å². The van der Waals surface area contributed by atoms with Crippen LogP contribution in [0.5, 0.6) is 5.75 Å². The molecule has 0 bridgehead atoms. The summed E-state index contributed by atoms with van der Waals surface area (Å²) < 4.78 is 23.9. The van der Waals surface area contributed by atoms with Gasteiger partial charge >= 0.3 is 0 Å². The van der Waals surface area contributed by atoms with Crippen LogP contribution in [0.3, 0.4) is 0 Å². The number of aryl methyl sites for hydroxylation is 1. The molecule has 0 amide bonds. The SMILES string of the molecule is COc1c(C)cnc(CN(C)Cc2noc3cc(F)ccc23)c1C. The van der Waals surface area contributed by atoms with E-state index < -0.39 is 0 Å². The molecule has 2 heterocycles. The first kappa shape index (κ1) is 16.4. The van der Waals surface area contributed by atoms with E-state index in [9.17, 15) is 4.39 Å². The molecule has 3 aromatic rings. The average molecular weight is 329 g/mol. The smallest absolute Gasteiger partial charge is 0.170 e. The molecule has 3 rings (SSSR count). The van der Waals surface area contributed by atoms with Gasteiger partial charge in [0.2, 0.25) is 0 Å². The Labute approximate surface area is 140 Å². The zero-order valence-corrected chi connectivity index (χ0v) is 14.3. The maximum Gasteiger partial charge on any atom is 0.170 e. The molecule has 0 saturated heterocycles. The van der Waals surface area contributed by atoms with Crippen LogP contribution in [0.25, 0.3) is 11.0 Å². The number of pyridine rings is 1.